The van der Waals surface area contributed by atoms with E-state index in [0.29, 0.717) is 11.8 Å². The molecule has 0 bridgehead atoms. The lowest BCUT2D eigenvalue weighted by molar-refractivity contribution is -0.150. The van der Waals surface area contributed by atoms with Crippen molar-refractivity contribution in [2.24, 2.45) is 11.8 Å². The van der Waals surface area contributed by atoms with Gasteiger partial charge in [0.2, 0.25) is 0 Å². The average molecular weight is 274 g/mol. The molecule has 0 saturated heterocycles. The van der Waals surface area contributed by atoms with Gasteiger partial charge in [0.25, 0.3) is 0 Å². The minimum atomic E-state index is -0.669. The van der Waals surface area contributed by atoms with Crippen LogP contribution in [0.4, 0.5) is 0 Å². The Balaban J connectivity index is 2.27. The van der Waals surface area contributed by atoms with E-state index in [1.165, 1.54) is 5.56 Å². The van der Waals surface area contributed by atoms with Gasteiger partial charge in [-0.1, -0.05) is 58.9 Å². The Kier molecular flexibility index (Phi) is 3.70. The van der Waals surface area contributed by atoms with Crippen LogP contribution in [-0.4, -0.2) is 11.1 Å². The van der Waals surface area contributed by atoms with Crippen LogP contribution < -0.4 is 0 Å². The van der Waals surface area contributed by atoms with Gasteiger partial charge in [0.05, 0.1) is 5.41 Å². The first-order valence-electron chi connectivity index (χ1n) is 7.51. The maximum atomic E-state index is 11.8. The zero-order chi connectivity index (χ0) is 15.1. The minimum absolute atomic E-state index is 0.106. The molecule has 0 spiro atoms. The van der Waals surface area contributed by atoms with Crippen LogP contribution in [0.3, 0.4) is 0 Å². The average Bonchev–Trinajstić information content (AvgIpc) is 2.26. The van der Waals surface area contributed by atoms with Crippen LogP contribution in [-0.2, 0) is 15.6 Å². The quantitative estimate of drug-likeness (QED) is 0.888. The summed E-state index contributed by atoms with van der Waals surface area (Å²) in [7, 11) is 0. The second-order valence-electron chi connectivity index (χ2n) is 7.63. The molecule has 2 heteroatoms. The van der Waals surface area contributed by atoms with E-state index in [0.717, 1.165) is 18.4 Å². The maximum absolute atomic E-state index is 11.8. The molecule has 0 radical (unpaired) electrons. The lowest BCUT2D eigenvalue weighted by Gasteiger charge is -2.47. The van der Waals surface area contributed by atoms with Crippen molar-refractivity contribution in [2.75, 3.05) is 0 Å². The fourth-order valence-corrected chi connectivity index (χ4v) is 3.13. The highest BCUT2D eigenvalue weighted by Gasteiger charge is 2.52. The highest BCUT2D eigenvalue weighted by atomic mass is 16.4. The first-order valence-corrected chi connectivity index (χ1v) is 7.51. The first kappa shape index (κ1) is 15.1. The van der Waals surface area contributed by atoms with Gasteiger partial charge < -0.3 is 5.11 Å². The van der Waals surface area contributed by atoms with Gasteiger partial charge in [0.1, 0.15) is 0 Å². The SMILES string of the molecule is CC(C)C1CC(C(=O)O)(c2ccc(C(C)(C)C)cc2)C1. The third kappa shape index (κ3) is 2.48. The second-order valence-corrected chi connectivity index (χ2v) is 7.63. The van der Waals surface area contributed by atoms with E-state index < -0.39 is 11.4 Å². The molecular weight excluding hydrogens is 248 g/mol. The zero-order valence-electron chi connectivity index (χ0n) is 13.2. The predicted octanol–water partition coefficient (Wildman–Crippen LogP) is 4.37. The Morgan fingerprint density at radius 3 is 2.05 bits per heavy atom. The van der Waals surface area contributed by atoms with Gasteiger partial charge >= 0.3 is 5.97 Å². The molecule has 1 aliphatic carbocycles. The number of hydrogen-bond acceptors (Lipinski definition) is 1. The molecular formula is C18H26O2. The van der Waals surface area contributed by atoms with Crippen LogP contribution in [0.1, 0.15) is 58.6 Å². The van der Waals surface area contributed by atoms with Crippen LogP contribution in [0.15, 0.2) is 24.3 Å². The topological polar surface area (TPSA) is 37.3 Å². The number of carboxylic acid groups (broad SMARTS) is 1. The molecule has 1 aromatic carbocycles. The molecule has 0 heterocycles. The molecule has 20 heavy (non-hydrogen) atoms. The molecule has 1 N–H and O–H groups in total. The van der Waals surface area contributed by atoms with Crippen LogP contribution >= 0.6 is 0 Å². The number of benzene rings is 1. The lowest BCUT2D eigenvalue weighted by Crippen LogP contribution is -2.49. The van der Waals surface area contributed by atoms with Crippen LogP contribution in [0.2, 0.25) is 0 Å². The summed E-state index contributed by atoms with van der Waals surface area (Å²) in [6, 6.07) is 8.21. The number of carbonyl (C=O) groups is 1. The Morgan fingerprint density at radius 2 is 1.70 bits per heavy atom. The van der Waals surface area contributed by atoms with Gasteiger partial charge in [0, 0.05) is 0 Å². The molecule has 2 nitrogen and oxygen atoms in total. The van der Waals surface area contributed by atoms with Crippen LogP contribution in [0.5, 0.6) is 0 Å². The molecule has 110 valence electrons. The van der Waals surface area contributed by atoms with Crippen molar-refractivity contribution in [1.29, 1.82) is 0 Å². The van der Waals surface area contributed by atoms with Crippen molar-refractivity contribution in [3.05, 3.63) is 35.4 Å². The normalized spacial score (nSPS) is 26.4. The van der Waals surface area contributed by atoms with E-state index in [1.807, 2.05) is 12.1 Å². The number of carboxylic acids is 1. The molecule has 1 aromatic rings. The zero-order valence-corrected chi connectivity index (χ0v) is 13.2. The van der Waals surface area contributed by atoms with Crippen molar-refractivity contribution in [3.63, 3.8) is 0 Å². The monoisotopic (exact) mass is 274 g/mol. The molecule has 0 atom stereocenters. The van der Waals surface area contributed by atoms with Gasteiger partial charge in [-0.15, -0.1) is 0 Å². The van der Waals surface area contributed by atoms with Crippen molar-refractivity contribution in [3.8, 4) is 0 Å². The van der Waals surface area contributed by atoms with Crippen molar-refractivity contribution >= 4 is 5.97 Å². The minimum Gasteiger partial charge on any atom is -0.481 e. The van der Waals surface area contributed by atoms with Gasteiger partial charge in [-0.3, -0.25) is 4.79 Å². The molecule has 1 saturated carbocycles. The van der Waals surface area contributed by atoms with E-state index in [4.69, 9.17) is 0 Å². The third-order valence-corrected chi connectivity index (χ3v) is 4.88. The summed E-state index contributed by atoms with van der Waals surface area (Å²) >= 11 is 0. The van der Waals surface area contributed by atoms with E-state index in [-0.39, 0.29) is 5.41 Å². The van der Waals surface area contributed by atoms with Gasteiger partial charge in [-0.05, 0) is 41.2 Å². The third-order valence-electron chi connectivity index (χ3n) is 4.88. The van der Waals surface area contributed by atoms with Crippen LogP contribution in [0, 0.1) is 11.8 Å². The molecule has 1 fully saturated rings. The number of aliphatic carboxylic acids is 1. The largest absolute Gasteiger partial charge is 0.481 e. The first-order chi connectivity index (χ1) is 9.17. The Morgan fingerprint density at radius 1 is 1.20 bits per heavy atom. The highest BCUT2D eigenvalue weighted by molar-refractivity contribution is 5.82. The Bertz CT molecular complexity index is 485. The lowest BCUT2D eigenvalue weighted by atomic mass is 9.56. The number of rotatable bonds is 3. The summed E-state index contributed by atoms with van der Waals surface area (Å²) in [6.45, 7) is 10.9. The molecule has 0 amide bonds. The predicted molar refractivity (Wildman–Crippen MR) is 82.0 cm³/mol. The van der Waals surface area contributed by atoms with Crippen molar-refractivity contribution in [2.45, 2.75) is 58.3 Å². The van der Waals surface area contributed by atoms with Crippen molar-refractivity contribution < 1.29 is 9.90 Å². The Labute approximate surface area is 122 Å². The summed E-state index contributed by atoms with van der Waals surface area (Å²) in [6.07, 6.45) is 1.55. The molecule has 1 aliphatic rings. The molecule has 0 aliphatic heterocycles. The second kappa shape index (κ2) is 4.91. The van der Waals surface area contributed by atoms with Gasteiger partial charge in [-0.25, -0.2) is 0 Å². The van der Waals surface area contributed by atoms with E-state index in [2.05, 4.69) is 46.8 Å². The maximum Gasteiger partial charge on any atom is 0.314 e. The molecule has 0 aromatic heterocycles. The fraction of sp³-hybridized carbons (Fsp3) is 0.611. The van der Waals surface area contributed by atoms with Crippen LogP contribution in [0.25, 0.3) is 0 Å². The van der Waals surface area contributed by atoms with E-state index >= 15 is 0 Å². The highest BCUT2D eigenvalue weighted by Crippen LogP contribution is 2.51. The standard InChI is InChI=1S/C18H26O2/c1-12(2)13-10-18(11-13,16(19)20)15-8-6-14(7-9-15)17(3,4)5/h6-9,12-13H,10-11H2,1-5H3,(H,19,20). The van der Waals surface area contributed by atoms with Gasteiger partial charge in [-0.2, -0.15) is 0 Å². The number of hydrogen-bond donors (Lipinski definition) is 1. The smallest absolute Gasteiger partial charge is 0.314 e. The summed E-state index contributed by atoms with van der Waals surface area (Å²) in [5.41, 5.74) is 1.68. The Hall–Kier alpha value is -1.31. The summed E-state index contributed by atoms with van der Waals surface area (Å²) in [4.78, 5) is 11.8. The summed E-state index contributed by atoms with van der Waals surface area (Å²) in [5, 5.41) is 9.67. The van der Waals surface area contributed by atoms with E-state index in [9.17, 15) is 9.90 Å². The fourth-order valence-electron chi connectivity index (χ4n) is 3.13. The van der Waals surface area contributed by atoms with Crippen molar-refractivity contribution in [1.82, 2.24) is 0 Å². The van der Waals surface area contributed by atoms with E-state index in [1.54, 1.807) is 0 Å². The molecule has 0 unspecified atom stereocenters. The summed E-state index contributed by atoms with van der Waals surface area (Å²) < 4.78 is 0. The van der Waals surface area contributed by atoms with Gasteiger partial charge in [0.15, 0.2) is 0 Å². The summed E-state index contributed by atoms with van der Waals surface area (Å²) in [5.74, 6) is 0.433. The molecule has 2 rings (SSSR count).